The molecule has 2 nitrogen and oxygen atoms in total. The lowest BCUT2D eigenvalue weighted by Crippen LogP contribution is -2.29. The third-order valence-electron chi connectivity index (χ3n) is 2.80. The minimum absolute atomic E-state index is 0.129. The van der Waals surface area contributed by atoms with Crippen LogP contribution in [0.15, 0.2) is 18.2 Å². The third kappa shape index (κ3) is 2.68. The highest BCUT2D eigenvalue weighted by Crippen LogP contribution is 2.38. The lowest BCUT2D eigenvalue weighted by atomic mass is 10.0. The van der Waals surface area contributed by atoms with E-state index >= 15 is 0 Å². The van der Waals surface area contributed by atoms with Crippen molar-refractivity contribution in [3.8, 4) is 0 Å². The maximum atomic E-state index is 13.5. The molecule has 0 aromatic heterocycles. The molecule has 1 aliphatic carbocycles. The summed E-state index contributed by atoms with van der Waals surface area (Å²) in [6.07, 6.45) is 3.33. The minimum Gasteiger partial charge on any atom is -0.271 e. The van der Waals surface area contributed by atoms with Crippen LogP contribution in [0.25, 0.3) is 0 Å². The molecule has 1 aromatic carbocycles. The topological polar surface area (TPSA) is 38.0 Å². The molecule has 0 amide bonds. The fourth-order valence-corrected chi connectivity index (χ4v) is 1.93. The van der Waals surface area contributed by atoms with Crippen LogP contribution in [-0.4, -0.2) is 0 Å². The van der Waals surface area contributed by atoms with Gasteiger partial charge in [-0.2, -0.15) is 0 Å². The predicted octanol–water partition coefficient (Wildman–Crippen LogP) is 2.78. The predicted molar refractivity (Wildman–Crippen MR) is 58.8 cm³/mol. The van der Waals surface area contributed by atoms with Gasteiger partial charge in [-0.05, 0) is 30.5 Å². The van der Waals surface area contributed by atoms with Crippen LogP contribution in [0.4, 0.5) is 4.39 Å². The second-order valence-corrected chi connectivity index (χ2v) is 4.50. The Balaban J connectivity index is 2.19. The van der Waals surface area contributed by atoms with E-state index in [0.717, 1.165) is 6.42 Å². The van der Waals surface area contributed by atoms with E-state index in [0.29, 0.717) is 16.5 Å². The van der Waals surface area contributed by atoms with E-state index in [1.807, 2.05) is 0 Å². The number of nitrogens with one attached hydrogen (secondary N) is 1. The molecule has 0 saturated heterocycles. The van der Waals surface area contributed by atoms with Gasteiger partial charge in [0.05, 0.1) is 0 Å². The number of hydrogen-bond acceptors (Lipinski definition) is 2. The normalized spacial score (nSPS) is 17.8. The minimum atomic E-state index is -0.247. The molecule has 2 rings (SSSR count). The summed E-state index contributed by atoms with van der Waals surface area (Å²) in [6.45, 7) is 0. The zero-order valence-corrected chi connectivity index (χ0v) is 9.10. The van der Waals surface area contributed by atoms with Gasteiger partial charge in [0.15, 0.2) is 0 Å². The summed E-state index contributed by atoms with van der Waals surface area (Å²) in [7, 11) is 0. The molecule has 1 saturated carbocycles. The van der Waals surface area contributed by atoms with Crippen LogP contribution in [0, 0.1) is 11.7 Å². The van der Waals surface area contributed by atoms with Gasteiger partial charge in [-0.15, -0.1) is 0 Å². The van der Waals surface area contributed by atoms with E-state index in [1.54, 1.807) is 12.1 Å². The van der Waals surface area contributed by atoms with Crippen LogP contribution in [0.5, 0.6) is 0 Å². The Morgan fingerprint density at radius 1 is 1.53 bits per heavy atom. The van der Waals surface area contributed by atoms with Crippen molar-refractivity contribution in [3.63, 3.8) is 0 Å². The first-order valence-corrected chi connectivity index (χ1v) is 5.49. The van der Waals surface area contributed by atoms with Crippen LogP contribution < -0.4 is 11.3 Å². The highest BCUT2D eigenvalue weighted by Gasteiger charge is 2.27. The number of hydrazine groups is 1. The van der Waals surface area contributed by atoms with E-state index in [1.165, 1.54) is 18.9 Å². The first-order chi connectivity index (χ1) is 7.20. The second kappa shape index (κ2) is 4.47. The summed E-state index contributed by atoms with van der Waals surface area (Å²) in [5.41, 5.74) is 3.23. The molecule has 82 valence electrons. The van der Waals surface area contributed by atoms with Crippen molar-refractivity contribution in [2.45, 2.75) is 25.3 Å². The molecular weight excluding hydrogens is 215 g/mol. The Morgan fingerprint density at radius 3 is 2.87 bits per heavy atom. The molecule has 3 N–H and O–H groups in total. The van der Waals surface area contributed by atoms with Gasteiger partial charge in [-0.25, -0.2) is 4.39 Å². The van der Waals surface area contributed by atoms with Crippen LogP contribution >= 0.6 is 11.6 Å². The van der Waals surface area contributed by atoms with E-state index in [-0.39, 0.29) is 11.9 Å². The summed E-state index contributed by atoms with van der Waals surface area (Å²) in [4.78, 5) is 0. The number of halogens is 2. The molecule has 1 aliphatic rings. The van der Waals surface area contributed by atoms with E-state index in [2.05, 4.69) is 5.43 Å². The molecule has 1 unspecified atom stereocenters. The Kier molecular flexibility index (Phi) is 3.24. The van der Waals surface area contributed by atoms with Crippen molar-refractivity contribution in [1.82, 2.24) is 5.43 Å². The molecule has 0 spiro atoms. The molecule has 15 heavy (non-hydrogen) atoms. The Bertz CT molecular complexity index is 352. The summed E-state index contributed by atoms with van der Waals surface area (Å²) < 4.78 is 13.5. The molecular formula is C11H14ClFN2. The quantitative estimate of drug-likeness (QED) is 0.614. The van der Waals surface area contributed by atoms with Crippen LogP contribution in [-0.2, 0) is 0 Å². The summed E-state index contributed by atoms with van der Waals surface area (Å²) >= 11 is 5.83. The van der Waals surface area contributed by atoms with Crippen molar-refractivity contribution < 1.29 is 4.39 Å². The molecule has 0 bridgehead atoms. The molecule has 1 fully saturated rings. The average molecular weight is 229 g/mol. The largest absolute Gasteiger partial charge is 0.271 e. The van der Waals surface area contributed by atoms with Crippen molar-refractivity contribution >= 4 is 11.6 Å². The molecule has 0 radical (unpaired) electrons. The van der Waals surface area contributed by atoms with Crippen molar-refractivity contribution in [2.75, 3.05) is 0 Å². The number of hydrogen-bond donors (Lipinski definition) is 2. The maximum absolute atomic E-state index is 13.5. The fraction of sp³-hybridized carbons (Fsp3) is 0.455. The lowest BCUT2D eigenvalue weighted by molar-refractivity contribution is 0.463. The second-order valence-electron chi connectivity index (χ2n) is 4.06. The van der Waals surface area contributed by atoms with Crippen molar-refractivity contribution in [2.24, 2.45) is 11.8 Å². The van der Waals surface area contributed by atoms with Gasteiger partial charge in [-0.3, -0.25) is 11.3 Å². The Hall–Kier alpha value is -0.640. The molecule has 4 heteroatoms. The van der Waals surface area contributed by atoms with E-state index < -0.39 is 0 Å². The fourth-order valence-electron chi connectivity index (χ4n) is 1.75. The zero-order valence-electron chi connectivity index (χ0n) is 8.34. The Labute approximate surface area is 93.6 Å². The van der Waals surface area contributed by atoms with Crippen molar-refractivity contribution in [3.05, 3.63) is 34.6 Å². The van der Waals surface area contributed by atoms with Crippen molar-refractivity contribution in [1.29, 1.82) is 0 Å². The standard InChI is InChI=1S/C11H14ClFN2/c12-8-3-4-10(13)9(6-8)11(15-14)5-7-1-2-7/h3-4,6-7,11,15H,1-2,5,14H2. The maximum Gasteiger partial charge on any atom is 0.128 e. The summed E-state index contributed by atoms with van der Waals surface area (Å²) in [6, 6.07) is 4.44. The first-order valence-electron chi connectivity index (χ1n) is 5.12. The van der Waals surface area contributed by atoms with E-state index in [4.69, 9.17) is 17.4 Å². The molecule has 1 aromatic rings. The highest BCUT2D eigenvalue weighted by molar-refractivity contribution is 6.30. The van der Waals surface area contributed by atoms with Gasteiger partial charge in [0, 0.05) is 16.6 Å². The summed E-state index contributed by atoms with van der Waals surface area (Å²) in [5, 5.41) is 0.544. The molecule has 1 atom stereocenters. The van der Waals surface area contributed by atoms with Gasteiger partial charge in [0.2, 0.25) is 0 Å². The zero-order chi connectivity index (χ0) is 10.8. The number of nitrogens with two attached hydrogens (primary N) is 1. The van der Waals surface area contributed by atoms with Crippen LogP contribution in [0.2, 0.25) is 5.02 Å². The Morgan fingerprint density at radius 2 is 2.27 bits per heavy atom. The SMILES string of the molecule is NNC(CC1CC1)c1cc(Cl)ccc1F. The monoisotopic (exact) mass is 228 g/mol. The number of benzene rings is 1. The first kappa shape index (κ1) is 10.9. The molecule has 0 aliphatic heterocycles. The number of rotatable bonds is 4. The van der Waals surface area contributed by atoms with Crippen LogP contribution in [0.1, 0.15) is 30.9 Å². The van der Waals surface area contributed by atoms with Gasteiger partial charge in [-0.1, -0.05) is 24.4 Å². The van der Waals surface area contributed by atoms with Gasteiger partial charge >= 0.3 is 0 Å². The van der Waals surface area contributed by atoms with Gasteiger partial charge < -0.3 is 0 Å². The van der Waals surface area contributed by atoms with Crippen LogP contribution in [0.3, 0.4) is 0 Å². The third-order valence-corrected chi connectivity index (χ3v) is 3.04. The van der Waals surface area contributed by atoms with E-state index in [9.17, 15) is 4.39 Å². The van der Waals surface area contributed by atoms with Gasteiger partial charge in [0.1, 0.15) is 5.82 Å². The smallest absolute Gasteiger partial charge is 0.128 e. The van der Waals surface area contributed by atoms with Gasteiger partial charge in [0.25, 0.3) is 0 Å². The average Bonchev–Trinajstić information content (AvgIpc) is 3.02. The summed E-state index contributed by atoms with van der Waals surface area (Å²) in [5.74, 6) is 5.88. The lowest BCUT2D eigenvalue weighted by Gasteiger charge is -2.16. The molecule has 0 heterocycles. The highest BCUT2D eigenvalue weighted by atomic mass is 35.5.